The van der Waals surface area contributed by atoms with Gasteiger partial charge in [0.2, 0.25) is 10.0 Å². The van der Waals surface area contributed by atoms with Gasteiger partial charge in [-0.25, -0.2) is 17.8 Å². The first kappa shape index (κ1) is 23.4. The number of carbonyl (C=O) groups excluding carboxylic acids is 1. The van der Waals surface area contributed by atoms with Crippen LogP contribution in [-0.2, 0) is 17.1 Å². The molecule has 1 aliphatic heterocycles. The third-order valence-corrected chi connectivity index (χ3v) is 6.58. The number of likely N-dealkylation sites (tertiary alicyclic amines) is 1. The van der Waals surface area contributed by atoms with Gasteiger partial charge in [0.15, 0.2) is 5.82 Å². The molecule has 8 nitrogen and oxygen atoms in total. The van der Waals surface area contributed by atoms with Crippen LogP contribution in [0.25, 0.3) is 11.3 Å². The monoisotopic (exact) mass is 483 g/mol. The molecule has 1 aliphatic rings. The highest BCUT2D eigenvalue weighted by Crippen LogP contribution is 2.27. The van der Waals surface area contributed by atoms with Crippen LogP contribution in [0.15, 0.2) is 24.7 Å². The summed E-state index contributed by atoms with van der Waals surface area (Å²) in [6.45, 7) is -1.63. The number of imidazole rings is 1. The molecule has 1 atom stereocenters. The summed E-state index contributed by atoms with van der Waals surface area (Å²) in [5, 5.41) is -1.53. The van der Waals surface area contributed by atoms with E-state index in [1.54, 1.807) is 17.8 Å². The molecule has 0 spiro atoms. The first-order valence-corrected chi connectivity index (χ1v) is 10.9. The molecule has 0 saturated carbocycles. The van der Waals surface area contributed by atoms with E-state index in [-0.39, 0.29) is 24.5 Å². The Bertz CT molecular complexity index is 1090. The number of amides is 1. The Labute approximate surface area is 180 Å². The van der Waals surface area contributed by atoms with Crippen molar-refractivity contribution in [1.82, 2.24) is 24.7 Å². The van der Waals surface area contributed by atoms with E-state index in [0.29, 0.717) is 11.3 Å². The van der Waals surface area contributed by atoms with Crippen LogP contribution in [0.2, 0.25) is 5.02 Å². The fourth-order valence-electron chi connectivity index (χ4n) is 3.18. The molecule has 14 heteroatoms. The number of sulfonamides is 1. The number of benzene rings is 1. The van der Waals surface area contributed by atoms with E-state index >= 15 is 0 Å². The lowest BCUT2D eigenvalue weighted by molar-refractivity contribution is -0.143. The average molecular weight is 484 g/mol. The average Bonchev–Trinajstić information content (AvgIpc) is 3.30. The fraction of sp³-hybridized carbons (Fsp3) is 0.412. The number of rotatable bonds is 6. The fourth-order valence-corrected chi connectivity index (χ4v) is 4.62. The number of hydrazine groups is 1. The second kappa shape index (κ2) is 8.73. The van der Waals surface area contributed by atoms with E-state index in [4.69, 9.17) is 11.6 Å². The number of halogens is 5. The van der Waals surface area contributed by atoms with Gasteiger partial charge in [-0.3, -0.25) is 15.1 Å². The maximum absolute atomic E-state index is 14.4. The zero-order valence-electron chi connectivity index (χ0n) is 16.1. The van der Waals surface area contributed by atoms with Crippen molar-refractivity contribution in [3.63, 3.8) is 0 Å². The van der Waals surface area contributed by atoms with E-state index < -0.39 is 45.3 Å². The zero-order chi connectivity index (χ0) is 23.0. The summed E-state index contributed by atoms with van der Waals surface area (Å²) in [6.07, 6.45) is -1.39. The van der Waals surface area contributed by atoms with Gasteiger partial charge in [0, 0.05) is 25.4 Å². The summed E-state index contributed by atoms with van der Waals surface area (Å²) < 4.78 is 78.2. The Morgan fingerprint density at radius 1 is 1.35 bits per heavy atom. The van der Waals surface area contributed by atoms with Crippen molar-refractivity contribution in [3.05, 3.63) is 41.1 Å². The molecule has 1 amide bonds. The van der Waals surface area contributed by atoms with E-state index in [1.807, 2.05) is 10.3 Å². The van der Waals surface area contributed by atoms with Gasteiger partial charge in [-0.15, -0.1) is 4.83 Å². The SMILES string of the molecule is Cn1cnc(-c2cc(Cl)c(F)c(C(=O)NNS(=O)(=O)C3CCN(CC(F)(F)F)C3)c2)c1. The molecule has 1 saturated heterocycles. The Morgan fingerprint density at radius 3 is 2.68 bits per heavy atom. The third-order valence-electron chi connectivity index (χ3n) is 4.65. The summed E-state index contributed by atoms with van der Waals surface area (Å²) in [5.41, 5.74) is 2.11. The second-order valence-corrected chi connectivity index (χ2v) is 9.47. The maximum atomic E-state index is 14.4. The van der Waals surface area contributed by atoms with Crippen molar-refractivity contribution >= 4 is 27.5 Å². The molecule has 2 N–H and O–H groups in total. The van der Waals surface area contributed by atoms with Gasteiger partial charge in [-0.05, 0) is 25.1 Å². The number of aryl methyl sites for hydroxylation is 1. The number of carbonyl (C=O) groups is 1. The molecule has 0 radical (unpaired) electrons. The number of hydrogen-bond donors (Lipinski definition) is 2. The Morgan fingerprint density at radius 2 is 2.06 bits per heavy atom. The van der Waals surface area contributed by atoms with Crippen LogP contribution < -0.4 is 10.3 Å². The summed E-state index contributed by atoms with van der Waals surface area (Å²) >= 11 is 5.86. The molecule has 1 unspecified atom stereocenters. The molecular weight excluding hydrogens is 466 g/mol. The van der Waals surface area contributed by atoms with Gasteiger partial charge in [-0.1, -0.05) is 11.6 Å². The number of aromatic nitrogens is 2. The van der Waals surface area contributed by atoms with Gasteiger partial charge in [-0.2, -0.15) is 13.2 Å². The van der Waals surface area contributed by atoms with Crippen molar-refractivity contribution in [3.8, 4) is 11.3 Å². The van der Waals surface area contributed by atoms with Crippen LogP contribution in [0, 0.1) is 5.82 Å². The molecular formula is C17H18ClF4N5O3S. The van der Waals surface area contributed by atoms with Crippen LogP contribution >= 0.6 is 11.6 Å². The first-order valence-electron chi connectivity index (χ1n) is 8.93. The summed E-state index contributed by atoms with van der Waals surface area (Å²) in [5.74, 6) is -2.18. The normalized spacial score (nSPS) is 17.8. The van der Waals surface area contributed by atoms with E-state index in [9.17, 15) is 30.8 Å². The van der Waals surface area contributed by atoms with Crippen LogP contribution in [0.3, 0.4) is 0 Å². The minimum atomic E-state index is -4.45. The summed E-state index contributed by atoms with van der Waals surface area (Å²) in [7, 11) is -2.48. The Balaban J connectivity index is 1.70. The predicted molar refractivity (Wildman–Crippen MR) is 104 cm³/mol. The Kier molecular flexibility index (Phi) is 6.60. The van der Waals surface area contributed by atoms with Gasteiger partial charge >= 0.3 is 6.18 Å². The molecule has 0 bridgehead atoms. The van der Waals surface area contributed by atoms with Gasteiger partial charge < -0.3 is 4.57 Å². The number of nitrogens with one attached hydrogen (secondary N) is 2. The smallest absolute Gasteiger partial charge is 0.340 e. The van der Waals surface area contributed by atoms with Crippen molar-refractivity contribution < 1.29 is 30.8 Å². The number of nitrogens with zero attached hydrogens (tertiary/aromatic N) is 3. The van der Waals surface area contributed by atoms with Crippen molar-refractivity contribution in [2.24, 2.45) is 7.05 Å². The van der Waals surface area contributed by atoms with Crippen LogP contribution in [0.4, 0.5) is 17.6 Å². The molecule has 1 fully saturated rings. The molecule has 1 aromatic heterocycles. The molecule has 31 heavy (non-hydrogen) atoms. The highest BCUT2D eigenvalue weighted by Gasteiger charge is 2.38. The van der Waals surface area contributed by atoms with Crippen molar-refractivity contribution in [1.29, 1.82) is 0 Å². The van der Waals surface area contributed by atoms with Crippen LogP contribution in [0.1, 0.15) is 16.8 Å². The Hall–Kier alpha value is -2.22. The summed E-state index contributed by atoms with van der Waals surface area (Å²) in [4.78, 5) is 19.3. The highest BCUT2D eigenvalue weighted by molar-refractivity contribution is 7.90. The largest absolute Gasteiger partial charge is 0.401 e. The lowest BCUT2D eigenvalue weighted by atomic mass is 10.1. The summed E-state index contributed by atoms with van der Waals surface area (Å²) in [6, 6.07) is 2.43. The zero-order valence-corrected chi connectivity index (χ0v) is 17.7. The minimum absolute atomic E-state index is 0.0450. The molecule has 0 aliphatic carbocycles. The molecule has 2 heterocycles. The second-order valence-electron chi connectivity index (χ2n) is 7.11. The lowest BCUT2D eigenvalue weighted by Gasteiger charge is -2.18. The molecule has 2 aromatic rings. The minimum Gasteiger partial charge on any atom is -0.340 e. The number of hydrogen-bond acceptors (Lipinski definition) is 5. The van der Waals surface area contributed by atoms with Crippen LogP contribution in [0.5, 0.6) is 0 Å². The van der Waals surface area contributed by atoms with Crippen molar-refractivity contribution in [2.75, 3.05) is 19.6 Å². The topological polar surface area (TPSA) is 96.3 Å². The standard InChI is InChI=1S/C17H18ClF4N5O3S/c1-26-7-14(23-9-26)10-4-12(15(19)13(18)5-10)16(28)24-25-31(29,30)11-2-3-27(6-11)8-17(20,21)22/h4-5,7,9,11,25H,2-3,6,8H2,1H3,(H,24,28). The maximum Gasteiger partial charge on any atom is 0.401 e. The van der Waals surface area contributed by atoms with Crippen LogP contribution in [-0.4, -0.2) is 59.8 Å². The molecule has 170 valence electrons. The van der Waals surface area contributed by atoms with Crippen molar-refractivity contribution in [2.45, 2.75) is 17.8 Å². The molecule has 1 aromatic carbocycles. The lowest BCUT2D eigenvalue weighted by Crippen LogP contribution is -2.47. The van der Waals surface area contributed by atoms with Gasteiger partial charge in [0.1, 0.15) is 0 Å². The van der Waals surface area contributed by atoms with Gasteiger partial charge in [0.25, 0.3) is 5.91 Å². The van der Waals surface area contributed by atoms with E-state index in [0.717, 1.165) is 11.0 Å². The third kappa shape index (κ3) is 5.73. The predicted octanol–water partition coefficient (Wildman–Crippen LogP) is 2.08. The van der Waals surface area contributed by atoms with Gasteiger partial charge in [0.05, 0.1) is 34.4 Å². The van der Waals surface area contributed by atoms with E-state index in [1.165, 1.54) is 12.4 Å². The van der Waals surface area contributed by atoms with E-state index in [2.05, 4.69) is 4.98 Å². The molecule has 3 rings (SSSR count). The number of alkyl halides is 3. The quantitative estimate of drug-likeness (QED) is 0.484. The first-order chi connectivity index (χ1) is 14.4. The highest BCUT2D eigenvalue weighted by atomic mass is 35.5.